The Kier molecular flexibility index (Phi) is 5.89. The molecule has 2 heterocycles. The first-order valence-corrected chi connectivity index (χ1v) is 11.3. The molecule has 27 heavy (non-hydrogen) atoms. The maximum absolute atomic E-state index is 12.7. The number of nitrogens with zero attached hydrogens (tertiary/aromatic N) is 1. The molecule has 1 aromatic carbocycles. The Balaban J connectivity index is 1.85. The molecule has 8 heteroatoms. The van der Waals surface area contributed by atoms with Gasteiger partial charge in [-0.05, 0) is 36.8 Å². The van der Waals surface area contributed by atoms with Gasteiger partial charge in [0.1, 0.15) is 11.5 Å². The Morgan fingerprint density at radius 2 is 2.00 bits per heavy atom. The van der Waals surface area contributed by atoms with Gasteiger partial charge in [-0.15, -0.1) is 0 Å². The summed E-state index contributed by atoms with van der Waals surface area (Å²) < 4.78 is 29.6. The first kappa shape index (κ1) is 20.2. The molecule has 1 fully saturated rings. The van der Waals surface area contributed by atoms with Crippen LogP contribution >= 0.6 is 23.2 Å². The van der Waals surface area contributed by atoms with Crippen LogP contribution in [0.15, 0.2) is 34.7 Å². The lowest BCUT2D eigenvalue weighted by atomic mass is 10.1. The third-order valence-corrected chi connectivity index (χ3v) is 6.92. The predicted molar refractivity (Wildman–Crippen MR) is 107 cm³/mol. The molecule has 0 saturated carbocycles. The highest BCUT2D eigenvalue weighted by Gasteiger charge is 2.35. The molecule has 0 aliphatic carbocycles. The number of hydrogen-bond acceptors (Lipinski definition) is 4. The van der Waals surface area contributed by atoms with E-state index in [1.165, 1.54) is 0 Å². The van der Waals surface area contributed by atoms with Gasteiger partial charge in [-0.3, -0.25) is 4.79 Å². The van der Waals surface area contributed by atoms with Crippen molar-refractivity contribution < 1.29 is 17.6 Å². The van der Waals surface area contributed by atoms with Crippen molar-refractivity contribution in [3.05, 3.63) is 46.1 Å². The number of benzene rings is 1. The van der Waals surface area contributed by atoms with E-state index in [-0.39, 0.29) is 35.9 Å². The highest BCUT2D eigenvalue weighted by molar-refractivity contribution is 7.91. The smallest absolute Gasteiger partial charge is 0.225 e. The van der Waals surface area contributed by atoms with Crippen molar-refractivity contribution in [2.24, 2.45) is 5.92 Å². The van der Waals surface area contributed by atoms with E-state index in [2.05, 4.69) is 0 Å². The third-order valence-electron chi connectivity index (χ3n) is 4.61. The number of halogens is 2. The molecule has 0 N–H and O–H groups in total. The molecule has 1 aliphatic heterocycles. The number of rotatable bonds is 5. The maximum Gasteiger partial charge on any atom is 0.225 e. The number of carbonyl (C=O) groups is 1. The lowest BCUT2D eigenvalue weighted by Gasteiger charge is -2.29. The van der Waals surface area contributed by atoms with Gasteiger partial charge in [0.25, 0.3) is 0 Å². The first-order valence-electron chi connectivity index (χ1n) is 8.71. The van der Waals surface area contributed by atoms with Crippen LogP contribution in [0.5, 0.6) is 0 Å². The Morgan fingerprint density at radius 3 is 2.63 bits per heavy atom. The average Bonchev–Trinajstić information content (AvgIpc) is 3.20. The van der Waals surface area contributed by atoms with Crippen LogP contribution in [0.25, 0.3) is 11.3 Å². The fraction of sp³-hybridized carbons (Fsp3) is 0.421. The van der Waals surface area contributed by atoms with E-state index in [0.29, 0.717) is 33.6 Å². The molecule has 3 rings (SSSR count). The van der Waals surface area contributed by atoms with Gasteiger partial charge in [-0.25, -0.2) is 8.42 Å². The summed E-state index contributed by atoms with van der Waals surface area (Å²) >= 11 is 12.3. The summed E-state index contributed by atoms with van der Waals surface area (Å²) in [5.74, 6) is 0.911. The third kappa shape index (κ3) is 4.68. The molecule has 1 aromatic heterocycles. The van der Waals surface area contributed by atoms with Crippen LogP contribution in [-0.2, 0) is 21.2 Å². The lowest BCUT2D eigenvalue weighted by molar-refractivity contribution is -0.137. The molecule has 1 saturated heterocycles. The van der Waals surface area contributed by atoms with Gasteiger partial charge in [0.2, 0.25) is 5.91 Å². The van der Waals surface area contributed by atoms with E-state index in [4.69, 9.17) is 27.6 Å². The standard InChI is InChI=1S/C19H21Cl2NO4S/c1-12(2)19(23)22(14-7-8-27(24,25)11-14)10-15-4-6-18(26-15)16-9-13(20)3-5-17(16)21/h3-6,9,12,14H,7-8,10-11H2,1-2H3. The molecule has 0 spiro atoms. The molecule has 5 nitrogen and oxygen atoms in total. The van der Waals surface area contributed by atoms with Gasteiger partial charge in [0.05, 0.1) is 23.1 Å². The fourth-order valence-electron chi connectivity index (χ4n) is 3.20. The maximum atomic E-state index is 12.7. The number of furan rings is 1. The lowest BCUT2D eigenvalue weighted by Crippen LogP contribution is -2.42. The molecule has 1 atom stereocenters. The minimum atomic E-state index is -3.10. The number of sulfone groups is 1. The minimum absolute atomic E-state index is 0.000846. The molecule has 1 amide bonds. The average molecular weight is 430 g/mol. The summed E-state index contributed by atoms with van der Waals surface area (Å²) in [6, 6.07) is 8.33. The number of carbonyl (C=O) groups excluding carboxylic acids is 1. The van der Waals surface area contributed by atoms with E-state index in [1.54, 1.807) is 49.1 Å². The molecule has 2 aromatic rings. The largest absolute Gasteiger partial charge is 0.459 e. The second-order valence-corrected chi connectivity index (χ2v) is 10.1. The Hall–Kier alpha value is -1.50. The fourth-order valence-corrected chi connectivity index (χ4v) is 5.32. The Labute approximate surface area is 169 Å². The molecule has 0 bridgehead atoms. The van der Waals surface area contributed by atoms with Crippen molar-refractivity contribution >= 4 is 38.9 Å². The quantitative estimate of drug-likeness (QED) is 0.704. The van der Waals surface area contributed by atoms with Gasteiger partial charge >= 0.3 is 0 Å². The Bertz CT molecular complexity index is 952. The molecular formula is C19H21Cl2NO4S. The van der Waals surface area contributed by atoms with Crippen molar-refractivity contribution in [1.82, 2.24) is 4.90 Å². The normalized spacial score (nSPS) is 18.8. The number of hydrogen-bond donors (Lipinski definition) is 0. The van der Waals surface area contributed by atoms with E-state index in [0.717, 1.165) is 0 Å². The predicted octanol–water partition coefficient (Wildman–Crippen LogP) is 4.43. The monoisotopic (exact) mass is 429 g/mol. The summed E-state index contributed by atoms with van der Waals surface area (Å²) in [6.07, 6.45) is 0.453. The summed E-state index contributed by atoms with van der Waals surface area (Å²) in [7, 11) is -3.10. The van der Waals surface area contributed by atoms with E-state index < -0.39 is 9.84 Å². The van der Waals surface area contributed by atoms with Crippen LogP contribution in [0.1, 0.15) is 26.0 Å². The molecule has 1 aliphatic rings. The van der Waals surface area contributed by atoms with Gasteiger partial charge in [-0.1, -0.05) is 37.0 Å². The van der Waals surface area contributed by atoms with Crippen molar-refractivity contribution in [2.75, 3.05) is 11.5 Å². The second kappa shape index (κ2) is 7.86. The van der Waals surface area contributed by atoms with Crippen LogP contribution in [0, 0.1) is 5.92 Å². The SMILES string of the molecule is CC(C)C(=O)N(Cc1ccc(-c2cc(Cl)ccc2Cl)o1)C1CCS(=O)(=O)C1. The van der Waals surface area contributed by atoms with Crippen LogP contribution in [0.3, 0.4) is 0 Å². The van der Waals surface area contributed by atoms with Gasteiger partial charge in [0, 0.05) is 22.5 Å². The minimum Gasteiger partial charge on any atom is -0.459 e. The van der Waals surface area contributed by atoms with Gasteiger partial charge < -0.3 is 9.32 Å². The van der Waals surface area contributed by atoms with E-state index in [9.17, 15) is 13.2 Å². The van der Waals surface area contributed by atoms with E-state index >= 15 is 0 Å². The molecule has 146 valence electrons. The first-order chi connectivity index (χ1) is 12.7. The van der Waals surface area contributed by atoms with Crippen LogP contribution < -0.4 is 0 Å². The van der Waals surface area contributed by atoms with Crippen LogP contribution in [-0.4, -0.2) is 36.8 Å². The van der Waals surface area contributed by atoms with Crippen molar-refractivity contribution in [2.45, 2.75) is 32.9 Å². The summed E-state index contributed by atoms with van der Waals surface area (Å²) in [5.41, 5.74) is 0.667. The molecule has 0 radical (unpaired) electrons. The van der Waals surface area contributed by atoms with Crippen molar-refractivity contribution in [1.29, 1.82) is 0 Å². The van der Waals surface area contributed by atoms with Crippen molar-refractivity contribution in [3.8, 4) is 11.3 Å². The highest BCUT2D eigenvalue weighted by atomic mass is 35.5. The van der Waals surface area contributed by atoms with Crippen molar-refractivity contribution in [3.63, 3.8) is 0 Å². The zero-order valence-electron chi connectivity index (χ0n) is 15.1. The number of amides is 1. The van der Waals surface area contributed by atoms with Gasteiger partial charge in [0.15, 0.2) is 9.84 Å². The summed E-state index contributed by atoms with van der Waals surface area (Å²) in [6.45, 7) is 3.82. The zero-order chi connectivity index (χ0) is 19.8. The summed E-state index contributed by atoms with van der Waals surface area (Å²) in [5, 5.41) is 1.05. The highest BCUT2D eigenvalue weighted by Crippen LogP contribution is 2.32. The van der Waals surface area contributed by atoms with Crippen LogP contribution in [0.4, 0.5) is 0 Å². The zero-order valence-corrected chi connectivity index (χ0v) is 17.4. The summed E-state index contributed by atoms with van der Waals surface area (Å²) in [4.78, 5) is 14.3. The Morgan fingerprint density at radius 1 is 1.26 bits per heavy atom. The van der Waals surface area contributed by atoms with E-state index in [1.807, 2.05) is 0 Å². The molecule has 1 unspecified atom stereocenters. The molecular weight excluding hydrogens is 409 g/mol. The second-order valence-electron chi connectivity index (χ2n) is 7.07. The van der Waals surface area contributed by atoms with Gasteiger partial charge in [-0.2, -0.15) is 0 Å². The topological polar surface area (TPSA) is 67.6 Å². The van der Waals surface area contributed by atoms with Crippen LogP contribution in [0.2, 0.25) is 10.0 Å².